The van der Waals surface area contributed by atoms with Gasteiger partial charge >= 0.3 is 0 Å². The molecule has 0 aromatic heterocycles. The highest BCUT2D eigenvalue weighted by Gasteiger charge is 2.39. The monoisotopic (exact) mass is 420 g/mol. The molecule has 0 saturated heterocycles. The highest BCUT2D eigenvalue weighted by Crippen LogP contribution is 2.51. The van der Waals surface area contributed by atoms with Crippen molar-refractivity contribution in [2.45, 2.75) is 112 Å². The molecule has 0 spiro atoms. The summed E-state index contributed by atoms with van der Waals surface area (Å²) in [5.74, 6) is 0. The van der Waals surface area contributed by atoms with Gasteiger partial charge in [-0.2, -0.15) is 0 Å². The van der Waals surface area contributed by atoms with Gasteiger partial charge in [-0.15, -0.1) is 0 Å². The molecular weight excluding hydrogens is 376 g/mol. The zero-order chi connectivity index (χ0) is 23.6. The van der Waals surface area contributed by atoms with Gasteiger partial charge in [0.25, 0.3) is 0 Å². The molecule has 0 N–H and O–H groups in total. The molecule has 0 atom stereocenters. The van der Waals surface area contributed by atoms with Crippen molar-refractivity contribution in [2.75, 3.05) is 9.80 Å². The smallest absolute Gasteiger partial charge is 0.0458 e. The lowest BCUT2D eigenvalue weighted by Gasteiger charge is -2.50. The van der Waals surface area contributed by atoms with Crippen molar-refractivity contribution in [3.05, 3.63) is 47.5 Å². The Labute approximate surface area is 191 Å². The molecule has 2 aromatic carbocycles. The van der Waals surface area contributed by atoms with Crippen molar-refractivity contribution in [2.24, 2.45) is 0 Å². The van der Waals surface area contributed by atoms with E-state index in [0.29, 0.717) is 0 Å². The number of benzene rings is 2. The molecule has 31 heavy (non-hydrogen) atoms. The van der Waals surface area contributed by atoms with Crippen LogP contribution in [0.2, 0.25) is 0 Å². The molecule has 0 aliphatic heterocycles. The van der Waals surface area contributed by atoms with Crippen molar-refractivity contribution in [1.82, 2.24) is 0 Å². The zero-order valence-corrected chi connectivity index (χ0v) is 22.1. The molecule has 2 heteroatoms. The Bertz CT molecular complexity index is 849. The molecule has 0 radical (unpaired) electrons. The van der Waals surface area contributed by atoms with E-state index in [0.717, 1.165) is 6.42 Å². The minimum Gasteiger partial charge on any atom is -0.361 e. The first-order valence-electron chi connectivity index (χ1n) is 11.8. The van der Waals surface area contributed by atoms with E-state index in [1.807, 2.05) is 0 Å². The van der Waals surface area contributed by atoms with Crippen molar-refractivity contribution >= 4 is 11.4 Å². The van der Waals surface area contributed by atoms with Crippen molar-refractivity contribution < 1.29 is 0 Å². The Morgan fingerprint density at radius 1 is 0.484 bits per heavy atom. The maximum Gasteiger partial charge on any atom is 0.0458 e. The minimum atomic E-state index is 0.0127. The van der Waals surface area contributed by atoms with Crippen LogP contribution >= 0.6 is 0 Å². The van der Waals surface area contributed by atoms with Crippen LogP contribution in [0.15, 0.2) is 36.4 Å². The van der Waals surface area contributed by atoms with E-state index in [4.69, 9.17) is 0 Å². The van der Waals surface area contributed by atoms with Gasteiger partial charge in [-0.05, 0) is 113 Å². The Balaban J connectivity index is 2.37. The van der Waals surface area contributed by atoms with Crippen LogP contribution in [0, 0.1) is 0 Å². The fraction of sp³-hybridized carbons (Fsp3) is 0.586. The SMILES string of the molecule is CC(C)(C)N(c1cccc2c1-c1c(cccc1N(C(C)(C)C)C(C)(C)C)C2)C(C)(C)C. The van der Waals surface area contributed by atoms with E-state index in [1.165, 1.54) is 33.6 Å². The van der Waals surface area contributed by atoms with Gasteiger partial charge in [-0.1, -0.05) is 24.3 Å². The number of hydrogen-bond acceptors (Lipinski definition) is 2. The highest BCUT2D eigenvalue weighted by atomic mass is 15.3. The third-order valence-electron chi connectivity index (χ3n) is 6.05. The maximum atomic E-state index is 2.61. The third-order valence-corrected chi connectivity index (χ3v) is 6.05. The van der Waals surface area contributed by atoms with Crippen LogP contribution in [0.1, 0.15) is 94.2 Å². The van der Waals surface area contributed by atoms with Gasteiger partial charge in [0.15, 0.2) is 0 Å². The quantitative estimate of drug-likeness (QED) is 0.413. The molecule has 3 rings (SSSR count). The van der Waals surface area contributed by atoms with Crippen molar-refractivity contribution in [3.8, 4) is 11.1 Å². The molecular formula is C29H44N2. The second-order valence-corrected chi connectivity index (χ2v) is 13.2. The second kappa shape index (κ2) is 7.29. The summed E-state index contributed by atoms with van der Waals surface area (Å²) in [5.41, 5.74) is 8.50. The lowest BCUT2D eigenvalue weighted by molar-refractivity contribution is 0.379. The number of hydrogen-bond donors (Lipinski definition) is 0. The van der Waals surface area contributed by atoms with Crippen LogP contribution in [0.25, 0.3) is 11.1 Å². The van der Waals surface area contributed by atoms with Gasteiger partial charge in [0.05, 0.1) is 0 Å². The predicted octanol–water partition coefficient (Wildman–Crippen LogP) is 8.06. The summed E-state index contributed by atoms with van der Waals surface area (Å²) in [6, 6.07) is 13.8. The molecule has 0 bridgehead atoms. The normalized spacial score (nSPS) is 14.3. The number of anilines is 2. The summed E-state index contributed by atoms with van der Waals surface area (Å²) in [7, 11) is 0. The molecule has 0 amide bonds. The fourth-order valence-electron chi connectivity index (χ4n) is 6.08. The minimum absolute atomic E-state index is 0.0127. The van der Waals surface area contributed by atoms with Crippen LogP contribution in [0.4, 0.5) is 11.4 Å². The van der Waals surface area contributed by atoms with Gasteiger partial charge in [0.1, 0.15) is 0 Å². The summed E-state index contributed by atoms with van der Waals surface area (Å²) < 4.78 is 0. The Kier molecular flexibility index (Phi) is 5.57. The van der Waals surface area contributed by atoms with E-state index < -0.39 is 0 Å². The van der Waals surface area contributed by atoms with Gasteiger partial charge in [0.2, 0.25) is 0 Å². The van der Waals surface area contributed by atoms with Gasteiger partial charge in [-0.25, -0.2) is 0 Å². The van der Waals surface area contributed by atoms with Gasteiger partial charge < -0.3 is 9.80 Å². The first kappa shape index (κ1) is 23.7. The van der Waals surface area contributed by atoms with Crippen LogP contribution in [0.5, 0.6) is 0 Å². The number of fused-ring (bicyclic) bond motifs is 3. The summed E-state index contributed by atoms with van der Waals surface area (Å²) in [6.45, 7) is 28.0. The average Bonchev–Trinajstić information content (AvgIpc) is 2.89. The Morgan fingerprint density at radius 2 is 0.774 bits per heavy atom. The lowest BCUT2D eigenvalue weighted by Crippen LogP contribution is -2.53. The average molecular weight is 421 g/mol. The van der Waals surface area contributed by atoms with Gasteiger partial charge in [-0.3, -0.25) is 0 Å². The standard InChI is InChI=1S/C29H44N2/c1-26(2,3)30(27(4,5)6)22-17-13-15-20-19-21-16-14-18-23(25(21)24(20)22)31(28(7,8)9)29(10,11)12/h13-18H,19H2,1-12H3. The van der Waals surface area contributed by atoms with Gasteiger partial charge in [0, 0.05) is 44.7 Å². The summed E-state index contributed by atoms with van der Waals surface area (Å²) in [4.78, 5) is 5.23. The fourth-order valence-corrected chi connectivity index (χ4v) is 6.08. The molecule has 1 aliphatic rings. The number of nitrogens with zero attached hydrogens (tertiary/aromatic N) is 2. The third kappa shape index (κ3) is 4.36. The summed E-state index contributed by atoms with van der Waals surface area (Å²) in [6.07, 6.45) is 1.01. The highest BCUT2D eigenvalue weighted by molar-refractivity contribution is 5.95. The molecule has 2 aromatic rings. The molecule has 170 valence electrons. The largest absolute Gasteiger partial charge is 0.361 e. The Hall–Kier alpha value is -1.96. The predicted molar refractivity (Wildman–Crippen MR) is 139 cm³/mol. The van der Waals surface area contributed by atoms with E-state index in [2.05, 4.69) is 129 Å². The topological polar surface area (TPSA) is 6.48 Å². The second-order valence-electron chi connectivity index (χ2n) is 13.2. The van der Waals surface area contributed by atoms with Crippen molar-refractivity contribution in [3.63, 3.8) is 0 Å². The van der Waals surface area contributed by atoms with E-state index in [1.54, 1.807) is 0 Å². The first-order valence-corrected chi connectivity index (χ1v) is 11.8. The molecule has 0 unspecified atom stereocenters. The van der Waals surface area contributed by atoms with Crippen LogP contribution in [0.3, 0.4) is 0 Å². The first-order chi connectivity index (χ1) is 13.9. The maximum absolute atomic E-state index is 2.61. The van der Waals surface area contributed by atoms with Crippen LogP contribution in [-0.2, 0) is 6.42 Å². The van der Waals surface area contributed by atoms with E-state index in [9.17, 15) is 0 Å². The van der Waals surface area contributed by atoms with Crippen LogP contribution in [-0.4, -0.2) is 22.2 Å². The summed E-state index contributed by atoms with van der Waals surface area (Å²) >= 11 is 0. The van der Waals surface area contributed by atoms with Crippen molar-refractivity contribution in [1.29, 1.82) is 0 Å². The lowest BCUT2D eigenvalue weighted by atomic mass is 9.89. The number of rotatable bonds is 2. The molecule has 0 heterocycles. The van der Waals surface area contributed by atoms with E-state index >= 15 is 0 Å². The summed E-state index contributed by atoms with van der Waals surface area (Å²) in [5, 5.41) is 0. The van der Waals surface area contributed by atoms with Crippen LogP contribution < -0.4 is 9.80 Å². The Morgan fingerprint density at radius 3 is 1.03 bits per heavy atom. The molecule has 1 aliphatic carbocycles. The molecule has 2 nitrogen and oxygen atoms in total. The molecule has 0 saturated carbocycles. The molecule has 0 fully saturated rings. The zero-order valence-electron chi connectivity index (χ0n) is 22.1. The van der Waals surface area contributed by atoms with E-state index in [-0.39, 0.29) is 22.2 Å².